The van der Waals surface area contributed by atoms with Gasteiger partial charge in [0.2, 0.25) is 6.16 Å². The summed E-state index contributed by atoms with van der Waals surface area (Å²) in [6, 6.07) is 6.11. The quantitative estimate of drug-likeness (QED) is 0.337. The minimum absolute atomic E-state index is 0. The van der Waals surface area contributed by atoms with Gasteiger partial charge in [-0.05, 0) is 18.2 Å². The molecule has 1 aromatic carbocycles. The fourth-order valence-corrected chi connectivity index (χ4v) is 0.858. The molecule has 2 N–H and O–H groups in total. The third kappa shape index (κ3) is 8.51. The van der Waals surface area contributed by atoms with E-state index in [2.05, 4.69) is 4.89 Å². The summed E-state index contributed by atoms with van der Waals surface area (Å²) in [5.74, 6) is -0.813. The van der Waals surface area contributed by atoms with E-state index in [4.69, 9.17) is 31.9 Å². The van der Waals surface area contributed by atoms with E-state index in [0.717, 1.165) is 0 Å². The van der Waals surface area contributed by atoms with Gasteiger partial charge in [0.15, 0.2) is 0 Å². The topological polar surface area (TPSA) is 107 Å². The van der Waals surface area contributed by atoms with Crippen LogP contribution in [0.25, 0.3) is 0 Å². The average Bonchev–Trinajstić information content (AvgIpc) is 2.16. The smallest absolute Gasteiger partial charge is 0.565 e. The molecule has 0 fully saturated rings. The Hall–Kier alpha value is -0.790. The van der Waals surface area contributed by atoms with Crippen molar-refractivity contribution in [3.8, 4) is 0 Å². The maximum Gasteiger partial charge on any atom is 1.00 e. The molecule has 0 aromatic heterocycles. The number of halogens is 1. The SMILES string of the molecule is O=C(OO)c1cccc(Cl)c1.O=C([O-])O.[Na+]. The molecule has 0 aliphatic heterocycles. The Labute approximate surface area is 118 Å². The summed E-state index contributed by atoms with van der Waals surface area (Å²) in [4.78, 5) is 22.6. The number of rotatable bonds is 1. The van der Waals surface area contributed by atoms with Crippen LogP contribution in [0.4, 0.5) is 4.79 Å². The first-order valence-corrected chi connectivity index (χ1v) is 3.86. The number of benzene rings is 1. The van der Waals surface area contributed by atoms with Gasteiger partial charge in [0.1, 0.15) is 0 Å². The standard InChI is InChI=1S/C7H5ClO3.CH2O3.Na/c8-6-3-1-2-5(4-6)7(9)11-10;2-1(3)4;/h1-4,10H;(H2,2,3,4);/q;;+1/p-1. The number of carbonyl (C=O) groups excluding carboxylic acids is 1. The normalized spacial score (nSPS) is 7.88. The minimum atomic E-state index is -2.08. The van der Waals surface area contributed by atoms with E-state index in [1.165, 1.54) is 12.1 Å². The molecule has 1 aromatic rings. The molecule has 8 heteroatoms. The van der Waals surface area contributed by atoms with Crippen LogP contribution in [-0.4, -0.2) is 22.5 Å². The number of carboxylic acid groups (broad SMARTS) is 2. The van der Waals surface area contributed by atoms with Gasteiger partial charge in [-0.15, -0.1) is 0 Å². The number of carbonyl (C=O) groups is 2. The molecule has 0 spiro atoms. The van der Waals surface area contributed by atoms with Gasteiger partial charge in [0.05, 0.1) is 5.56 Å². The Balaban J connectivity index is 0. The molecule has 16 heavy (non-hydrogen) atoms. The van der Waals surface area contributed by atoms with Gasteiger partial charge in [-0.2, -0.15) is 5.26 Å². The van der Waals surface area contributed by atoms with Crippen LogP contribution in [0.2, 0.25) is 5.02 Å². The molecule has 0 unspecified atom stereocenters. The van der Waals surface area contributed by atoms with Crippen LogP contribution in [0, 0.1) is 0 Å². The molecule has 0 atom stereocenters. The van der Waals surface area contributed by atoms with Crippen molar-refractivity contribution in [2.75, 3.05) is 0 Å². The Morgan fingerprint density at radius 3 is 2.25 bits per heavy atom. The fraction of sp³-hybridized carbons (Fsp3) is 0. The first kappa shape index (κ1) is 17.6. The van der Waals surface area contributed by atoms with Gasteiger partial charge in [-0.1, -0.05) is 17.7 Å². The van der Waals surface area contributed by atoms with Crippen LogP contribution < -0.4 is 34.7 Å². The molecule has 0 aliphatic rings. The first-order valence-electron chi connectivity index (χ1n) is 3.48. The molecule has 0 aliphatic carbocycles. The Morgan fingerprint density at radius 2 is 1.88 bits per heavy atom. The van der Waals surface area contributed by atoms with E-state index < -0.39 is 12.1 Å². The van der Waals surface area contributed by atoms with Gasteiger partial charge < -0.3 is 15.0 Å². The van der Waals surface area contributed by atoms with Crippen LogP contribution in [0.3, 0.4) is 0 Å². The Bertz CT molecular complexity index is 352. The molecule has 6 nitrogen and oxygen atoms in total. The molecule has 0 saturated carbocycles. The van der Waals surface area contributed by atoms with Crippen LogP contribution in [-0.2, 0) is 4.89 Å². The largest absolute Gasteiger partial charge is 1.00 e. The summed E-state index contributed by atoms with van der Waals surface area (Å²) in [6.45, 7) is 0. The van der Waals surface area contributed by atoms with Gasteiger partial charge in [-0.3, -0.25) is 4.89 Å². The van der Waals surface area contributed by atoms with Crippen molar-refractivity contribution in [3.63, 3.8) is 0 Å². The first-order chi connectivity index (χ1) is 6.97. The third-order valence-electron chi connectivity index (χ3n) is 1.14. The molecule has 82 valence electrons. The van der Waals surface area contributed by atoms with Crippen LogP contribution in [0.15, 0.2) is 24.3 Å². The maximum absolute atomic E-state index is 10.6. The summed E-state index contributed by atoms with van der Waals surface area (Å²) >= 11 is 5.56. The second kappa shape index (κ2) is 9.44. The fourth-order valence-electron chi connectivity index (χ4n) is 0.668. The summed E-state index contributed by atoms with van der Waals surface area (Å²) < 4.78 is 0. The van der Waals surface area contributed by atoms with Gasteiger partial charge in [-0.25, -0.2) is 4.79 Å². The summed E-state index contributed by atoms with van der Waals surface area (Å²) in [6.07, 6.45) is -2.08. The van der Waals surface area contributed by atoms with Crippen molar-refractivity contribution in [1.82, 2.24) is 0 Å². The van der Waals surface area contributed by atoms with Crippen LogP contribution in [0.1, 0.15) is 10.4 Å². The molecule has 0 radical (unpaired) electrons. The van der Waals surface area contributed by atoms with Crippen molar-refractivity contribution in [2.45, 2.75) is 0 Å². The van der Waals surface area contributed by atoms with Crippen molar-refractivity contribution >= 4 is 23.7 Å². The van der Waals surface area contributed by atoms with E-state index in [1.54, 1.807) is 12.1 Å². The molecule has 0 heterocycles. The zero-order valence-electron chi connectivity index (χ0n) is 8.21. The zero-order valence-corrected chi connectivity index (χ0v) is 11.0. The van der Waals surface area contributed by atoms with Gasteiger partial charge in [0, 0.05) is 5.02 Å². The van der Waals surface area contributed by atoms with E-state index in [9.17, 15) is 4.79 Å². The van der Waals surface area contributed by atoms with Crippen molar-refractivity contribution in [1.29, 1.82) is 0 Å². The zero-order chi connectivity index (χ0) is 11.8. The van der Waals surface area contributed by atoms with Crippen LogP contribution in [0.5, 0.6) is 0 Å². The second-order valence-electron chi connectivity index (χ2n) is 2.15. The predicted molar refractivity (Wildman–Crippen MR) is 47.5 cm³/mol. The van der Waals surface area contributed by atoms with Gasteiger partial charge >= 0.3 is 35.5 Å². The molecule has 1 rings (SSSR count). The Kier molecular flexibility index (Phi) is 10.4. The van der Waals surface area contributed by atoms with E-state index in [0.29, 0.717) is 5.02 Å². The molecular weight excluding hydrogens is 251 g/mol. The predicted octanol–water partition coefficient (Wildman–Crippen LogP) is -2.14. The monoisotopic (exact) mass is 256 g/mol. The molecular formula is C8H6ClNaO6. The average molecular weight is 257 g/mol. The second-order valence-corrected chi connectivity index (χ2v) is 2.59. The minimum Gasteiger partial charge on any atom is -0.565 e. The molecule has 0 amide bonds. The Morgan fingerprint density at radius 1 is 1.38 bits per heavy atom. The maximum atomic E-state index is 10.6. The van der Waals surface area contributed by atoms with Gasteiger partial charge in [0.25, 0.3) is 0 Å². The van der Waals surface area contributed by atoms with Crippen molar-refractivity contribution < 1.29 is 59.5 Å². The summed E-state index contributed by atoms with van der Waals surface area (Å²) in [7, 11) is 0. The van der Waals surface area contributed by atoms with E-state index in [1.807, 2.05) is 0 Å². The number of hydrogen-bond donors (Lipinski definition) is 2. The van der Waals surface area contributed by atoms with Crippen LogP contribution >= 0.6 is 11.6 Å². The van der Waals surface area contributed by atoms with Crippen molar-refractivity contribution in [3.05, 3.63) is 34.9 Å². The summed E-state index contributed by atoms with van der Waals surface area (Å²) in [5, 5.41) is 23.7. The number of hydrogen-bond acceptors (Lipinski definition) is 5. The van der Waals surface area contributed by atoms with Crippen molar-refractivity contribution in [2.24, 2.45) is 0 Å². The van der Waals surface area contributed by atoms with E-state index in [-0.39, 0.29) is 35.1 Å². The molecule has 0 bridgehead atoms. The van der Waals surface area contributed by atoms with E-state index >= 15 is 0 Å². The summed E-state index contributed by atoms with van der Waals surface area (Å²) in [5.41, 5.74) is 0.222. The molecule has 0 saturated heterocycles. The third-order valence-corrected chi connectivity index (χ3v) is 1.38.